The number of nitrogens with zero attached hydrogens (tertiary/aromatic N) is 1. The van der Waals surface area contributed by atoms with Crippen molar-refractivity contribution in [3.63, 3.8) is 0 Å². The minimum Gasteiger partial charge on any atom is -0.402 e. The van der Waals surface area contributed by atoms with Crippen molar-refractivity contribution in [3.05, 3.63) is 77.0 Å². The molecule has 0 aliphatic carbocycles. The first-order valence-corrected chi connectivity index (χ1v) is 7.62. The van der Waals surface area contributed by atoms with E-state index in [-0.39, 0.29) is 5.41 Å². The molecule has 1 aliphatic heterocycles. The molecular weight excluding hydrogens is 286 g/mol. The molecule has 1 heterocycles. The van der Waals surface area contributed by atoms with Gasteiger partial charge in [-0.05, 0) is 34.8 Å². The van der Waals surface area contributed by atoms with Crippen LogP contribution in [0.15, 0.2) is 65.3 Å². The summed E-state index contributed by atoms with van der Waals surface area (Å²) in [5.74, 6) is -0.0543. The Morgan fingerprint density at radius 1 is 0.957 bits per heavy atom. The predicted molar refractivity (Wildman–Crippen MR) is 92.2 cm³/mol. The van der Waals surface area contributed by atoms with Crippen LogP contribution < -0.4 is 0 Å². The predicted octanol–water partition coefficient (Wildman–Crippen LogP) is 4.33. The van der Waals surface area contributed by atoms with Crippen LogP contribution in [0.2, 0.25) is 0 Å². The van der Waals surface area contributed by atoms with Crippen molar-refractivity contribution in [3.8, 4) is 0 Å². The zero-order valence-electron chi connectivity index (χ0n) is 13.5. The molecule has 2 aromatic carbocycles. The van der Waals surface area contributed by atoms with Gasteiger partial charge in [-0.2, -0.15) is 0 Å². The van der Waals surface area contributed by atoms with Gasteiger partial charge in [-0.3, -0.25) is 0 Å². The average Bonchev–Trinajstić information content (AvgIpc) is 2.89. The maximum atomic E-state index is 12.0. The van der Waals surface area contributed by atoms with Crippen LogP contribution >= 0.6 is 0 Å². The molecule has 0 unspecified atom stereocenters. The van der Waals surface area contributed by atoms with Crippen LogP contribution in [-0.4, -0.2) is 11.9 Å². The Bertz CT molecular complexity index is 779. The molecule has 0 N–H and O–H groups in total. The zero-order chi connectivity index (χ0) is 16.4. The molecule has 1 aliphatic rings. The molecule has 3 heteroatoms. The van der Waals surface area contributed by atoms with E-state index in [1.165, 1.54) is 5.56 Å². The Kier molecular flexibility index (Phi) is 3.87. The Balaban J connectivity index is 1.88. The molecule has 0 fully saturated rings. The Morgan fingerprint density at radius 2 is 1.61 bits per heavy atom. The molecule has 116 valence electrons. The summed E-state index contributed by atoms with van der Waals surface area (Å²) in [6.45, 7) is 6.49. The summed E-state index contributed by atoms with van der Waals surface area (Å²) in [5.41, 5.74) is 3.37. The molecule has 0 amide bonds. The second kappa shape index (κ2) is 5.84. The van der Waals surface area contributed by atoms with Crippen LogP contribution in [0.25, 0.3) is 6.08 Å². The summed E-state index contributed by atoms with van der Waals surface area (Å²) in [5, 5.41) is 0. The van der Waals surface area contributed by atoms with E-state index in [4.69, 9.17) is 4.74 Å². The highest BCUT2D eigenvalue weighted by Crippen LogP contribution is 2.24. The number of aliphatic imine (C=N–C) groups is 1. The molecule has 0 aromatic heterocycles. The molecule has 23 heavy (non-hydrogen) atoms. The fraction of sp³-hybridized carbons (Fsp3) is 0.200. The number of hydrogen-bond acceptors (Lipinski definition) is 3. The van der Waals surface area contributed by atoms with Crippen LogP contribution in [0, 0.1) is 0 Å². The van der Waals surface area contributed by atoms with E-state index in [2.05, 4.69) is 25.8 Å². The van der Waals surface area contributed by atoms with E-state index in [1.54, 1.807) is 6.08 Å². The van der Waals surface area contributed by atoms with Gasteiger partial charge in [-0.1, -0.05) is 63.2 Å². The van der Waals surface area contributed by atoms with E-state index in [0.717, 1.165) is 11.1 Å². The Morgan fingerprint density at radius 3 is 2.22 bits per heavy atom. The lowest BCUT2D eigenvalue weighted by Gasteiger charge is -2.18. The van der Waals surface area contributed by atoms with Gasteiger partial charge in [0.25, 0.3) is 0 Å². The highest BCUT2D eigenvalue weighted by Gasteiger charge is 2.24. The lowest BCUT2D eigenvalue weighted by Crippen LogP contribution is -2.11. The number of carbonyl (C=O) groups excluding carboxylic acids is 1. The van der Waals surface area contributed by atoms with Gasteiger partial charge in [0.05, 0.1) is 0 Å². The summed E-state index contributed by atoms with van der Waals surface area (Å²) in [7, 11) is 0. The van der Waals surface area contributed by atoms with E-state index in [0.29, 0.717) is 11.6 Å². The summed E-state index contributed by atoms with van der Waals surface area (Å²) in [6, 6.07) is 17.6. The first-order chi connectivity index (χ1) is 10.9. The van der Waals surface area contributed by atoms with Crippen LogP contribution in [0.3, 0.4) is 0 Å². The smallest absolute Gasteiger partial charge is 0.363 e. The monoisotopic (exact) mass is 305 g/mol. The normalized spacial score (nSPS) is 16.4. The number of cyclic esters (lactones) is 1. The largest absolute Gasteiger partial charge is 0.402 e. The van der Waals surface area contributed by atoms with Gasteiger partial charge in [-0.25, -0.2) is 9.79 Å². The SMILES string of the molecule is CC(C)(C)c1ccc(C2=N/C(=C/c3ccccc3)C(=O)O2)cc1. The van der Waals surface area contributed by atoms with Gasteiger partial charge < -0.3 is 4.74 Å². The molecule has 0 saturated heterocycles. The van der Waals surface area contributed by atoms with Gasteiger partial charge in [0.1, 0.15) is 0 Å². The van der Waals surface area contributed by atoms with E-state index in [9.17, 15) is 4.79 Å². The molecule has 3 rings (SSSR count). The summed E-state index contributed by atoms with van der Waals surface area (Å²) < 4.78 is 5.30. The third kappa shape index (κ3) is 3.39. The highest BCUT2D eigenvalue weighted by molar-refractivity contribution is 6.12. The van der Waals surface area contributed by atoms with E-state index >= 15 is 0 Å². The van der Waals surface area contributed by atoms with Gasteiger partial charge in [0, 0.05) is 5.56 Å². The molecule has 0 spiro atoms. The zero-order valence-corrected chi connectivity index (χ0v) is 13.5. The van der Waals surface area contributed by atoms with Crippen molar-refractivity contribution < 1.29 is 9.53 Å². The van der Waals surface area contributed by atoms with Crippen LogP contribution in [0.4, 0.5) is 0 Å². The van der Waals surface area contributed by atoms with Gasteiger partial charge in [0.2, 0.25) is 5.90 Å². The van der Waals surface area contributed by atoms with Gasteiger partial charge in [-0.15, -0.1) is 0 Å². The first kappa shape index (κ1) is 15.2. The third-order valence-electron chi connectivity index (χ3n) is 3.72. The number of rotatable bonds is 2. The molecule has 0 saturated carbocycles. The molecule has 2 aromatic rings. The first-order valence-electron chi connectivity index (χ1n) is 7.62. The summed E-state index contributed by atoms with van der Waals surface area (Å²) >= 11 is 0. The van der Waals surface area contributed by atoms with Crippen molar-refractivity contribution in [2.24, 2.45) is 4.99 Å². The van der Waals surface area contributed by atoms with Crippen molar-refractivity contribution in [1.29, 1.82) is 0 Å². The third-order valence-corrected chi connectivity index (χ3v) is 3.72. The number of ether oxygens (including phenoxy) is 1. The van der Waals surface area contributed by atoms with Crippen molar-refractivity contribution >= 4 is 17.9 Å². The quantitative estimate of drug-likeness (QED) is 0.612. The van der Waals surface area contributed by atoms with Crippen LogP contribution in [0.1, 0.15) is 37.5 Å². The maximum Gasteiger partial charge on any atom is 0.363 e. The molecular formula is C20H19NO2. The minimum atomic E-state index is -0.413. The molecule has 0 atom stereocenters. The summed E-state index contributed by atoms with van der Waals surface area (Å²) in [4.78, 5) is 16.3. The number of carbonyl (C=O) groups is 1. The van der Waals surface area contributed by atoms with E-state index in [1.807, 2.05) is 54.6 Å². The number of esters is 1. The van der Waals surface area contributed by atoms with Crippen molar-refractivity contribution in [2.45, 2.75) is 26.2 Å². The molecule has 0 radical (unpaired) electrons. The lowest BCUT2D eigenvalue weighted by atomic mass is 9.87. The van der Waals surface area contributed by atoms with Crippen LogP contribution in [-0.2, 0) is 14.9 Å². The molecule has 0 bridgehead atoms. The second-order valence-corrected chi connectivity index (χ2v) is 6.57. The fourth-order valence-corrected chi connectivity index (χ4v) is 2.35. The van der Waals surface area contributed by atoms with Crippen LogP contribution in [0.5, 0.6) is 0 Å². The minimum absolute atomic E-state index is 0.0884. The average molecular weight is 305 g/mol. The highest BCUT2D eigenvalue weighted by atomic mass is 16.6. The van der Waals surface area contributed by atoms with Crippen molar-refractivity contribution in [2.75, 3.05) is 0 Å². The van der Waals surface area contributed by atoms with Gasteiger partial charge >= 0.3 is 5.97 Å². The standard InChI is InChI=1S/C20H19NO2/c1-20(2,3)16-11-9-15(10-12-16)18-21-17(19(22)23-18)13-14-7-5-4-6-8-14/h4-13H,1-3H3/b17-13+. The topological polar surface area (TPSA) is 38.7 Å². The molecule has 3 nitrogen and oxygen atoms in total. The lowest BCUT2D eigenvalue weighted by molar-refractivity contribution is -0.129. The number of benzene rings is 2. The maximum absolute atomic E-state index is 12.0. The number of hydrogen-bond donors (Lipinski definition) is 0. The Labute approximate surface area is 136 Å². The van der Waals surface area contributed by atoms with Gasteiger partial charge in [0.15, 0.2) is 5.70 Å². The van der Waals surface area contributed by atoms with E-state index < -0.39 is 5.97 Å². The fourth-order valence-electron chi connectivity index (χ4n) is 2.35. The second-order valence-electron chi connectivity index (χ2n) is 6.57. The van der Waals surface area contributed by atoms with Crippen molar-refractivity contribution in [1.82, 2.24) is 0 Å². The Hall–Kier alpha value is -2.68. The summed E-state index contributed by atoms with van der Waals surface area (Å²) in [6.07, 6.45) is 1.73.